The Morgan fingerprint density at radius 3 is 2.71 bits per heavy atom. The molecule has 1 aliphatic rings. The molecule has 2 rings (SSSR count). The molecule has 0 aliphatic heterocycles. The molecule has 1 fully saturated rings. The molecule has 1 aromatic rings. The van der Waals surface area contributed by atoms with Crippen molar-refractivity contribution in [3.8, 4) is 0 Å². The quantitative estimate of drug-likeness (QED) is 0.515. The molecule has 1 aromatic heterocycles. The van der Waals surface area contributed by atoms with E-state index in [1.54, 1.807) is 0 Å². The van der Waals surface area contributed by atoms with Gasteiger partial charge in [-0.25, -0.2) is 13.1 Å². The van der Waals surface area contributed by atoms with Crippen LogP contribution in [0.5, 0.6) is 0 Å². The Kier molecular flexibility index (Phi) is 4.58. The summed E-state index contributed by atoms with van der Waals surface area (Å²) < 4.78 is 27.1. The van der Waals surface area contributed by atoms with E-state index >= 15 is 0 Å². The van der Waals surface area contributed by atoms with Gasteiger partial charge in [-0.2, -0.15) is 5.10 Å². The molecule has 10 heteroatoms. The molecule has 0 spiro atoms. The molecule has 0 bridgehead atoms. The maximum absolute atomic E-state index is 11.9. The lowest BCUT2D eigenvalue weighted by Gasteiger charge is -2.06. The van der Waals surface area contributed by atoms with Crippen LogP contribution in [0.25, 0.3) is 0 Å². The molecule has 9 nitrogen and oxygen atoms in total. The van der Waals surface area contributed by atoms with Gasteiger partial charge in [0, 0.05) is 25.2 Å². The van der Waals surface area contributed by atoms with Gasteiger partial charge in [0.1, 0.15) is 11.4 Å². The van der Waals surface area contributed by atoms with Crippen LogP contribution in [-0.2, 0) is 26.2 Å². The second-order valence-electron chi connectivity index (χ2n) is 4.73. The van der Waals surface area contributed by atoms with Gasteiger partial charge in [-0.3, -0.25) is 14.3 Å². The average Bonchev–Trinajstić information content (AvgIpc) is 3.14. The van der Waals surface area contributed by atoms with Gasteiger partial charge in [-0.15, -0.1) is 0 Å². The summed E-state index contributed by atoms with van der Waals surface area (Å²) in [6, 6.07) is 0. The molecule has 0 radical (unpaired) electrons. The first-order valence-corrected chi connectivity index (χ1v) is 7.88. The number of amides is 1. The normalized spacial score (nSPS) is 14.9. The highest BCUT2D eigenvalue weighted by Gasteiger charge is 2.29. The summed E-state index contributed by atoms with van der Waals surface area (Å²) in [4.78, 5) is 21.7. The third kappa shape index (κ3) is 4.53. The number of hydrogen-bond acceptors (Lipinski definition) is 5. The molecule has 0 saturated heterocycles. The monoisotopic (exact) mass is 316 g/mol. The van der Waals surface area contributed by atoms with Gasteiger partial charge >= 0.3 is 5.97 Å². The fraction of sp³-hybridized carbons (Fsp3) is 0.545. The first-order valence-electron chi connectivity index (χ1n) is 6.40. The molecule has 1 heterocycles. The second-order valence-corrected chi connectivity index (χ2v) is 6.50. The fourth-order valence-electron chi connectivity index (χ4n) is 1.65. The van der Waals surface area contributed by atoms with E-state index in [4.69, 9.17) is 5.11 Å². The molecule has 0 aromatic carbocycles. The number of carbonyl (C=O) groups excluding carboxylic acids is 1. The Bertz CT molecular complexity index is 635. The summed E-state index contributed by atoms with van der Waals surface area (Å²) in [7, 11) is -3.76. The van der Waals surface area contributed by atoms with Crippen LogP contribution in [-0.4, -0.2) is 48.3 Å². The second kappa shape index (κ2) is 6.22. The minimum Gasteiger partial charge on any atom is -0.480 e. The number of nitrogens with one attached hydrogen (secondary N) is 2. The summed E-state index contributed by atoms with van der Waals surface area (Å²) in [5, 5.41) is 14.9. The van der Waals surface area contributed by atoms with Crippen LogP contribution in [0.3, 0.4) is 0 Å². The number of carboxylic acid groups (broad SMARTS) is 1. The van der Waals surface area contributed by atoms with E-state index in [2.05, 4.69) is 15.1 Å². The Morgan fingerprint density at radius 1 is 1.38 bits per heavy atom. The van der Waals surface area contributed by atoms with Crippen molar-refractivity contribution in [1.29, 1.82) is 0 Å². The number of rotatable bonds is 8. The van der Waals surface area contributed by atoms with Crippen LogP contribution in [0.4, 0.5) is 0 Å². The average molecular weight is 316 g/mol. The lowest BCUT2D eigenvalue weighted by molar-refractivity contribution is -0.137. The first-order chi connectivity index (χ1) is 9.88. The van der Waals surface area contributed by atoms with Crippen molar-refractivity contribution in [1.82, 2.24) is 19.8 Å². The highest BCUT2D eigenvalue weighted by atomic mass is 32.2. The molecule has 0 atom stereocenters. The van der Waals surface area contributed by atoms with E-state index in [0.29, 0.717) is 0 Å². The van der Waals surface area contributed by atoms with Crippen molar-refractivity contribution >= 4 is 21.9 Å². The molecular weight excluding hydrogens is 300 g/mol. The Morgan fingerprint density at radius 2 is 2.10 bits per heavy atom. The van der Waals surface area contributed by atoms with Gasteiger partial charge in [0.15, 0.2) is 0 Å². The third-order valence-corrected chi connectivity index (χ3v) is 4.30. The largest absolute Gasteiger partial charge is 0.480 e. The lowest BCUT2D eigenvalue weighted by Crippen LogP contribution is -2.35. The maximum Gasteiger partial charge on any atom is 0.325 e. The summed E-state index contributed by atoms with van der Waals surface area (Å²) >= 11 is 0. The van der Waals surface area contributed by atoms with Crippen LogP contribution in [0, 0.1) is 5.92 Å². The molecule has 21 heavy (non-hydrogen) atoms. The number of carboxylic acids is 1. The summed E-state index contributed by atoms with van der Waals surface area (Å²) in [6.45, 7) is -0.143. The van der Waals surface area contributed by atoms with Gasteiger partial charge in [-0.1, -0.05) is 0 Å². The van der Waals surface area contributed by atoms with Gasteiger partial charge in [-0.05, 0) is 12.8 Å². The van der Waals surface area contributed by atoms with Crippen molar-refractivity contribution in [2.24, 2.45) is 5.92 Å². The third-order valence-electron chi connectivity index (χ3n) is 2.88. The molecular formula is C11H16N4O5S. The lowest BCUT2D eigenvalue weighted by atomic mass is 10.4. The molecule has 1 saturated carbocycles. The SMILES string of the molecule is O=C(O)Cn1cc(S(=O)(=O)NCCNC(=O)C2CC2)cn1. The van der Waals surface area contributed by atoms with Crippen molar-refractivity contribution in [2.75, 3.05) is 13.1 Å². The zero-order valence-corrected chi connectivity index (χ0v) is 12.0. The molecule has 1 aliphatic carbocycles. The highest BCUT2D eigenvalue weighted by molar-refractivity contribution is 7.89. The summed E-state index contributed by atoms with van der Waals surface area (Å²) in [5.41, 5.74) is 0. The van der Waals surface area contributed by atoms with E-state index < -0.39 is 22.5 Å². The fourth-order valence-corrected chi connectivity index (χ4v) is 2.64. The molecule has 0 unspecified atom stereocenters. The number of nitrogens with zero attached hydrogens (tertiary/aromatic N) is 2. The van der Waals surface area contributed by atoms with Gasteiger partial charge in [0.2, 0.25) is 15.9 Å². The molecule has 3 N–H and O–H groups in total. The highest BCUT2D eigenvalue weighted by Crippen LogP contribution is 2.28. The topological polar surface area (TPSA) is 130 Å². The van der Waals surface area contributed by atoms with Crippen molar-refractivity contribution in [3.05, 3.63) is 12.4 Å². The number of sulfonamides is 1. The summed E-state index contributed by atoms with van der Waals surface area (Å²) in [6.07, 6.45) is 3.99. The zero-order chi connectivity index (χ0) is 15.5. The van der Waals surface area contributed by atoms with Gasteiger partial charge < -0.3 is 10.4 Å². The van der Waals surface area contributed by atoms with Gasteiger partial charge in [0.05, 0.1) is 6.20 Å². The standard InChI is InChI=1S/C11H16N4O5S/c16-10(17)7-15-6-9(5-13-15)21(19,20)14-4-3-12-11(18)8-1-2-8/h5-6,8,14H,1-4,7H2,(H,12,18)(H,16,17). The predicted molar refractivity (Wildman–Crippen MR) is 70.8 cm³/mol. The minimum atomic E-state index is -3.76. The Labute approximate surface area is 121 Å². The van der Waals surface area contributed by atoms with E-state index in [1.807, 2.05) is 0 Å². The number of hydrogen-bond donors (Lipinski definition) is 3. The van der Waals surface area contributed by atoms with Crippen LogP contribution in [0.2, 0.25) is 0 Å². The van der Waals surface area contributed by atoms with Crippen molar-refractivity contribution in [3.63, 3.8) is 0 Å². The molecule has 116 valence electrons. The number of aliphatic carboxylic acids is 1. The summed E-state index contributed by atoms with van der Waals surface area (Å²) in [5.74, 6) is -1.09. The van der Waals surface area contributed by atoms with Crippen molar-refractivity contribution in [2.45, 2.75) is 24.3 Å². The van der Waals surface area contributed by atoms with Crippen LogP contribution >= 0.6 is 0 Å². The van der Waals surface area contributed by atoms with Crippen LogP contribution in [0.15, 0.2) is 17.3 Å². The minimum absolute atomic E-state index is 0.0523. The van der Waals surface area contributed by atoms with E-state index in [0.717, 1.165) is 29.9 Å². The van der Waals surface area contributed by atoms with E-state index in [-0.39, 0.29) is 29.8 Å². The molecule has 1 amide bonds. The maximum atomic E-state index is 11.9. The van der Waals surface area contributed by atoms with Gasteiger partial charge in [0.25, 0.3) is 0 Å². The number of carbonyl (C=O) groups is 2. The Balaban J connectivity index is 1.81. The first kappa shape index (κ1) is 15.4. The predicted octanol–water partition coefficient (Wildman–Crippen LogP) is -1.23. The van der Waals surface area contributed by atoms with Crippen LogP contribution < -0.4 is 10.0 Å². The van der Waals surface area contributed by atoms with E-state index in [9.17, 15) is 18.0 Å². The van der Waals surface area contributed by atoms with Crippen molar-refractivity contribution < 1.29 is 23.1 Å². The zero-order valence-electron chi connectivity index (χ0n) is 11.2. The van der Waals surface area contributed by atoms with E-state index in [1.165, 1.54) is 0 Å². The number of aromatic nitrogens is 2. The van der Waals surface area contributed by atoms with Crippen LogP contribution in [0.1, 0.15) is 12.8 Å². The smallest absolute Gasteiger partial charge is 0.325 e. The Hall–Kier alpha value is -1.94.